The second-order valence-corrected chi connectivity index (χ2v) is 7.48. The van der Waals surface area contributed by atoms with Crippen LogP contribution < -0.4 is 15.0 Å². The Morgan fingerprint density at radius 2 is 2.00 bits per heavy atom. The highest BCUT2D eigenvalue weighted by atomic mass is 32.1. The Bertz CT molecular complexity index is 1060. The van der Waals surface area contributed by atoms with Gasteiger partial charge < -0.3 is 24.6 Å². The van der Waals surface area contributed by atoms with E-state index in [1.54, 1.807) is 24.3 Å². The standard InChI is InChI=1S/C22H26N6O3.H2S/c1-23-22(29)28-10-11-30-17(13-28)14-31-21-20-19(24-8-9-25-20)12-18(26-21)15-4-6-16(7-5-15)27(2)3;/h4-9,12,17H,10-11,13-14H2,1-3H3,(H,23,29);1H2/t17-;/m0./s1. The molecule has 1 aliphatic rings. The summed E-state index contributed by atoms with van der Waals surface area (Å²) in [4.78, 5) is 29.2. The maximum absolute atomic E-state index is 11.9. The zero-order valence-corrected chi connectivity index (χ0v) is 19.4. The van der Waals surface area contributed by atoms with E-state index in [9.17, 15) is 4.79 Å². The number of urea groups is 1. The van der Waals surface area contributed by atoms with Gasteiger partial charge in [0.05, 0.1) is 24.4 Å². The fourth-order valence-corrected chi connectivity index (χ4v) is 3.46. The number of nitrogens with one attached hydrogen (secondary N) is 1. The number of carbonyl (C=O) groups excluding carboxylic acids is 1. The van der Waals surface area contributed by atoms with E-state index < -0.39 is 0 Å². The summed E-state index contributed by atoms with van der Waals surface area (Å²) in [5.41, 5.74) is 4.12. The van der Waals surface area contributed by atoms with Crippen LogP contribution in [0.25, 0.3) is 22.3 Å². The summed E-state index contributed by atoms with van der Waals surface area (Å²) in [6.07, 6.45) is 3.02. The van der Waals surface area contributed by atoms with Gasteiger partial charge in [-0.25, -0.2) is 14.8 Å². The van der Waals surface area contributed by atoms with Gasteiger partial charge in [-0.05, 0) is 18.2 Å². The van der Waals surface area contributed by atoms with Crippen LogP contribution in [0.3, 0.4) is 0 Å². The van der Waals surface area contributed by atoms with Gasteiger partial charge in [0.2, 0.25) is 5.88 Å². The normalized spacial score (nSPS) is 15.7. The van der Waals surface area contributed by atoms with Crippen molar-refractivity contribution in [3.63, 3.8) is 0 Å². The van der Waals surface area contributed by atoms with Crippen LogP contribution >= 0.6 is 13.5 Å². The summed E-state index contributed by atoms with van der Waals surface area (Å²) >= 11 is 0. The number of aromatic nitrogens is 3. The van der Waals surface area contributed by atoms with Crippen LogP contribution in [-0.2, 0) is 4.74 Å². The van der Waals surface area contributed by atoms with Gasteiger partial charge in [0.25, 0.3) is 0 Å². The Kier molecular flexibility index (Phi) is 7.70. The topological polar surface area (TPSA) is 92.7 Å². The lowest BCUT2D eigenvalue weighted by Gasteiger charge is -2.32. The molecule has 9 nitrogen and oxygen atoms in total. The Morgan fingerprint density at radius 3 is 2.72 bits per heavy atom. The lowest BCUT2D eigenvalue weighted by atomic mass is 10.1. The summed E-state index contributed by atoms with van der Waals surface area (Å²) in [6, 6.07) is 9.92. The van der Waals surface area contributed by atoms with Crippen molar-refractivity contribution in [1.29, 1.82) is 0 Å². The van der Waals surface area contributed by atoms with Gasteiger partial charge in [0, 0.05) is 51.3 Å². The van der Waals surface area contributed by atoms with Crippen LogP contribution in [0.4, 0.5) is 10.5 Å². The molecular weight excluding hydrogens is 428 g/mol. The summed E-state index contributed by atoms with van der Waals surface area (Å²) in [5.74, 6) is 0.401. The molecule has 3 heterocycles. The molecule has 0 aliphatic carbocycles. The highest BCUT2D eigenvalue weighted by Gasteiger charge is 2.24. The van der Waals surface area contributed by atoms with E-state index >= 15 is 0 Å². The minimum atomic E-state index is -0.248. The molecule has 1 saturated heterocycles. The van der Waals surface area contributed by atoms with Crippen molar-refractivity contribution < 1.29 is 14.3 Å². The minimum Gasteiger partial charge on any atom is -0.473 e. The van der Waals surface area contributed by atoms with Crippen LogP contribution in [0.1, 0.15) is 0 Å². The molecule has 10 heteroatoms. The van der Waals surface area contributed by atoms with Crippen molar-refractivity contribution in [2.24, 2.45) is 0 Å². The molecule has 0 unspecified atom stereocenters. The largest absolute Gasteiger partial charge is 0.473 e. The van der Waals surface area contributed by atoms with Gasteiger partial charge in [0.1, 0.15) is 12.7 Å². The second kappa shape index (κ2) is 10.5. The average molecular weight is 457 g/mol. The number of carbonyl (C=O) groups is 1. The minimum absolute atomic E-state index is 0. The fraction of sp³-hybridized carbons (Fsp3) is 0.364. The SMILES string of the molecule is CNC(=O)N1CCO[C@H](COc2nc(-c3ccc(N(C)C)cc3)cc3nccnc23)C1.S. The molecule has 32 heavy (non-hydrogen) atoms. The molecule has 170 valence electrons. The summed E-state index contributed by atoms with van der Waals surface area (Å²) in [6.45, 7) is 1.74. The first-order valence-corrected chi connectivity index (χ1v) is 10.2. The maximum Gasteiger partial charge on any atom is 0.317 e. The molecule has 4 rings (SSSR count). The number of amides is 2. The van der Waals surface area contributed by atoms with Gasteiger partial charge in [-0.2, -0.15) is 13.5 Å². The van der Waals surface area contributed by atoms with Gasteiger partial charge in [0.15, 0.2) is 5.52 Å². The van der Waals surface area contributed by atoms with Crippen LogP contribution in [0.2, 0.25) is 0 Å². The quantitative estimate of drug-likeness (QED) is 0.630. The van der Waals surface area contributed by atoms with Crippen molar-refractivity contribution in [3.8, 4) is 17.1 Å². The Labute approximate surface area is 194 Å². The molecule has 0 bridgehead atoms. The molecule has 0 spiro atoms. The number of hydrogen-bond acceptors (Lipinski definition) is 7. The molecule has 1 fully saturated rings. The van der Waals surface area contributed by atoms with Gasteiger partial charge in [-0.1, -0.05) is 12.1 Å². The number of pyridine rings is 1. The number of benzene rings is 1. The molecule has 0 radical (unpaired) electrons. The van der Waals surface area contributed by atoms with Crippen molar-refractivity contribution in [2.45, 2.75) is 6.10 Å². The van der Waals surface area contributed by atoms with E-state index in [1.807, 2.05) is 49.3 Å². The molecule has 1 aliphatic heterocycles. The summed E-state index contributed by atoms with van der Waals surface area (Å²) in [7, 11) is 5.63. The Morgan fingerprint density at radius 1 is 1.25 bits per heavy atom. The van der Waals surface area contributed by atoms with E-state index in [0.29, 0.717) is 36.6 Å². The molecule has 3 aromatic rings. The predicted octanol–water partition coefficient (Wildman–Crippen LogP) is 2.29. The van der Waals surface area contributed by atoms with Crippen molar-refractivity contribution in [2.75, 3.05) is 52.3 Å². The summed E-state index contributed by atoms with van der Waals surface area (Å²) < 4.78 is 11.8. The van der Waals surface area contributed by atoms with Gasteiger partial charge in [-0.15, -0.1) is 0 Å². The molecule has 0 saturated carbocycles. The lowest BCUT2D eigenvalue weighted by molar-refractivity contribution is -0.0354. The molecule has 1 atom stereocenters. The summed E-state index contributed by atoms with van der Waals surface area (Å²) in [5, 5.41) is 2.65. The zero-order valence-electron chi connectivity index (χ0n) is 18.4. The second-order valence-electron chi connectivity index (χ2n) is 7.48. The molecule has 1 N–H and O–H groups in total. The van der Waals surface area contributed by atoms with Crippen molar-refractivity contribution in [3.05, 3.63) is 42.7 Å². The number of morpholine rings is 1. The highest BCUT2D eigenvalue weighted by Crippen LogP contribution is 2.28. The van der Waals surface area contributed by atoms with E-state index in [4.69, 9.17) is 14.5 Å². The highest BCUT2D eigenvalue weighted by molar-refractivity contribution is 7.59. The first-order valence-electron chi connectivity index (χ1n) is 10.2. The number of anilines is 1. The maximum atomic E-state index is 11.9. The van der Waals surface area contributed by atoms with Crippen LogP contribution in [0.5, 0.6) is 5.88 Å². The third-order valence-corrected chi connectivity index (χ3v) is 5.15. The Hall–Kier alpha value is -3.11. The first kappa shape index (κ1) is 23.6. The van der Waals surface area contributed by atoms with Crippen LogP contribution in [-0.4, -0.2) is 79.4 Å². The molecular formula is C22H28N6O3S. The Balaban J connectivity index is 0.00000289. The van der Waals surface area contributed by atoms with Gasteiger partial charge >= 0.3 is 6.03 Å². The molecule has 2 aromatic heterocycles. The predicted molar refractivity (Wildman–Crippen MR) is 129 cm³/mol. The van der Waals surface area contributed by atoms with E-state index in [-0.39, 0.29) is 32.2 Å². The number of hydrogen-bond donors (Lipinski definition) is 1. The number of ether oxygens (including phenoxy) is 2. The third kappa shape index (κ3) is 5.20. The first-order chi connectivity index (χ1) is 15.0. The lowest BCUT2D eigenvalue weighted by Crippen LogP contribution is -2.50. The van der Waals surface area contributed by atoms with E-state index in [0.717, 1.165) is 16.9 Å². The molecule has 1 aromatic carbocycles. The van der Waals surface area contributed by atoms with Crippen LogP contribution in [0.15, 0.2) is 42.7 Å². The van der Waals surface area contributed by atoms with Crippen molar-refractivity contribution in [1.82, 2.24) is 25.2 Å². The zero-order chi connectivity index (χ0) is 21.8. The van der Waals surface area contributed by atoms with Crippen LogP contribution in [0, 0.1) is 0 Å². The van der Waals surface area contributed by atoms with Crippen molar-refractivity contribution >= 4 is 36.2 Å². The number of fused-ring (bicyclic) bond motifs is 1. The number of nitrogens with zero attached hydrogens (tertiary/aromatic N) is 5. The third-order valence-electron chi connectivity index (χ3n) is 5.15. The average Bonchev–Trinajstić information content (AvgIpc) is 2.82. The smallest absolute Gasteiger partial charge is 0.317 e. The number of rotatable bonds is 5. The molecule has 2 amide bonds. The monoisotopic (exact) mass is 456 g/mol. The van der Waals surface area contributed by atoms with E-state index in [1.165, 1.54) is 0 Å². The van der Waals surface area contributed by atoms with Gasteiger partial charge in [-0.3, -0.25) is 4.98 Å². The fourth-order valence-electron chi connectivity index (χ4n) is 3.46. The van der Waals surface area contributed by atoms with E-state index in [2.05, 4.69) is 15.3 Å².